The quantitative estimate of drug-likeness (QED) is 0.299. The van der Waals surface area contributed by atoms with Crippen LogP contribution in [0.3, 0.4) is 0 Å². The van der Waals surface area contributed by atoms with Crippen LogP contribution in [-0.2, 0) is 13.1 Å². The third-order valence-electron chi connectivity index (χ3n) is 3.50. The van der Waals surface area contributed by atoms with Crippen LogP contribution in [0.2, 0.25) is 5.02 Å². The molecule has 0 radical (unpaired) electrons. The normalized spacial score (nSPS) is 11.2. The van der Waals surface area contributed by atoms with E-state index >= 15 is 0 Å². The minimum atomic E-state index is 0. The molecule has 0 amide bonds. The van der Waals surface area contributed by atoms with Crippen molar-refractivity contribution in [2.45, 2.75) is 13.1 Å². The topological polar surface area (TPSA) is 53.7 Å². The van der Waals surface area contributed by atoms with E-state index in [1.165, 1.54) is 0 Å². The fourth-order valence-corrected chi connectivity index (χ4v) is 2.76. The molecule has 5 nitrogen and oxygen atoms in total. The number of hydrogen-bond acceptors (Lipinski definition) is 2. The van der Waals surface area contributed by atoms with Gasteiger partial charge in [0.1, 0.15) is 5.65 Å². The number of rotatable bonds is 4. The molecule has 0 aliphatic rings. The number of halogens is 3. The summed E-state index contributed by atoms with van der Waals surface area (Å²) in [5, 5.41) is 7.28. The fourth-order valence-electron chi connectivity index (χ4n) is 2.29. The van der Waals surface area contributed by atoms with E-state index in [0.717, 1.165) is 32.4 Å². The SMILES string of the molecule is CN=C(NCc1ccc(Cl)cc1)NCc1cn2cc(Br)ccc2n1.I. The molecule has 2 aromatic heterocycles. The summed E-state index contributed by atoms with van der Waals surface area (Å²) in [4.78, 5) is 8.80. The Morgan fingerprint density at radius 1 is 1.12 bits per heavy atom. The van der Waals surface area contributed by atoms with Crippen molar-refractivity contribution in [3.63, 3.8) is 0 Å². The summed E-state index contributed by atoms with van der Waals surface area (Å²) in [6.45, 7) is 1.27. The van der Waals surface area contributed by atoms with E-state index < -0.39 is 0 Å². The molecule has 0 spiro atoms. The molecule has 1 aromatic carbocycles. The number of benzene rings is 1. The van der Waals surface area contributed by atoms with E-state index in [1.54, 1.807) is 7.05 Å². The Kier molecular flexibility index (Phi) is 7.52. The number of aromatic nitrogens is 2. The number of nitrogens with one attached hydrogen (secondary N) is 2. The van der Waals surface area contributed by atoms with Crippen LogP contribution in [-0.4, -0.2) is 22.4 Å². The van der Waals surface area contributed by atoms with Gasteiger partial charge in [0.05, 0.1) is 12.2 Å². The molecule has 132 valence electrons. The highest BCUT2D eigenvalue weighted by atomic mass is 127. The standard InChI is InChI=1S/C17H17BrClN5.HI/c1-20-17(21-8-12-2-5-14(19)6-3-12)22-9-15-11-24-10-13(18)4-7-16(24)23-15;/h2-7,10-11H,8-9H2,1H3,(H2,20,21,22);1H. The average Bonchev–Trinajstić information content (AvgIpc) is 2.98. The average molecular weight is 535 g/mol. The van der Waals surface area contributed by atoms with Crippen molar-refractivity contribution in [2.24, 2.45) is 4.99 Å². The molecule has 3 rings (SSSR count). The molecule has 0 saturated carbocycles. The maximum absolute atomic E-state index is 5.89. The smallest absolute Gasteiger partial charge is 0.191 e. The van der Waals surface area contributed by atoms with Gasteiger partial charge in [-0.1, -0.05) is 23.7 Å². The minimum absolute atomic E-state index is 0. The second-order valence-electron chi connectivity index (χ2n) is 5.25. The Bertz CT molecular complexity index is 863. The molecule has 8 heteroatoms. The highest BCUT2D eigenvalue weighted by Crippen LogP contribution is 2.12. The highest BCUT2D eigenvalue weighted by molar-refractivity contribution is 14.0. The van der Waals surface area contributed by atoms with Gasteiger partial charge in [-0.2, -0.15) is 0 Å². The van der Waals surface area contributed by atoms with Crippen LogP contribution in [0, 0.1) is 0 Å². The van der Waals surface area contributed by atoms with Crippen molar-refractivity contribution in [2.75, 3.05) is 7.05 Å². The van der Waals surface area contributed by atoms with Crippen LogP contribution in [0.25, 0.3) is 5.65 Å². The lowest BCUT2D eigenvalue weighted by molar-refractivity contribution is 0.798. The van der Waals surface area contributed by atoms with Gasteiger partial charge in [0, 0.05) is 35.5 Å². The zero-order valence-corrected chi connectivity index (χ0v) is 18.2. The van der Waals surface area contributed by atoms with Crippen LogP contribution in [0.4, 0.5) is 0 Å². The van der Waals surface area contributed by atoms with Gasteiger partial charge in [0.2, 0.25) is 0 Å². The van der Waals surface area contributed by atoms with Crippen molar-refractivity contribution in [3.05, 3.63) is 69.5 Å². The summed E-state index contributed by atoms with van der Waals surface area (Å²) >= 11 is 9.35. The summed E-state index contributed by atoms with van der Waals surface area (Å²) < 4.78 is 3.01. The molecular weight excluding hydrogens is 516 g/mol. The lowest BCUT2D eigenvalue weighted by atomic mass is 10.2. The molecule has 0 bridgehead atoms. The highest BCUT2D eigenvalue weighted by Gasteiger charge is 2.04. The maximum Gasteiger partial charge on any atom is 0.191 e. The van der Waals surface area contributed by atoms with E-state index in [1.807, 2.05) is 53.2 Å². The summed E-state index contributed by atoms with van der Waals surface area (Å²) in [5.74, 6) is 0.725. The first-order chi connectivity index (χ1) is 11.6. The van der Waals surface area contributed by atoms with E-state index in [4.69, 9.17) is 11.6 Å². The van der Waals surface area contributed by atoms with Crippen LogP contribution in [0.15, 0.2) is 58.3 Å². The summed E-state index contributed by atoms with van der Waals surface area (Å²) in [5.41, 5.74) is 3.00. The Morgan fingerprint density at radius 3 is 2.56 bits per heavy atom. The third kappa shape index (κ3) is 5.58. The Balaban J connectivity index is 0.00000225. The maximum atomic E-state index is 5.89. The molecule has 0 fully saturated rings. The van der Waals surface area contributed by atoms with Crippen molar-refractivity contribution in [3.8, 4) is 0 Å². The van der Waals surface area contributed by atoms with Gasteiger partial charge in [0.15, 0.2) is 5.96 Å². The molecule has 2 N–H and O–H groups in total. The van der Waals surface area contributed by atoms with Gasteiger partial charge in [-0.15, -0.1) is 24.0 Å². The molecule has 0 saturated heterocycles. The summed E-state index contributed by atoms with van der Waals surface area (Å²) in [6, 6.07) is 11.7. The van der Waals surface area contributed by atoms with E-state index in [0.29, 0.717) is 13.1 Å². The van der Waals surface area contributed by atoms with Crippen molar-refractivity contribution >= 4 is 63.1 Å². The lowest BCUT2D eigenvalue weighted by Crippen LogP contribution is -2.36. The first-order valence-corrected chi connectivity index (χ1v) is 8.63. The number of imidazole rings is 1. The van der Waals surface area contributed by atoms with E-state index in [9.17, 15) is 0 Å². The van der Waals surface area contributed by atoms with Gasteiger partial charge in [-0.25, -0.2) is 4.98 Å². The molecule has 0 aliphatic heterocycles. The Labute approximate surface area is 177 Å². The number of aliphatic imine (C=N–C) groups is 1. The zero-order chi connectivity index (χ0) is 16.9. The van der Waals surface area contributed by atoms with Crippen molar-refractivity contribution in [1.82, 2.24) is 20.0 Å². The van der Waals surface area contributed by atoms with Gasteiger partial charge >= 0.3 is 0 Å². The molecule has 25 heavy (non-hydrogen) atoms. The summed E-state index contributed by atoms with van der Waals surface area (Å²) in [6.07, 6.45) is 3.99. The Hall–Kier alpha value is -1.32. The largest absolute Gasteiger partial charge is 0.352 e. The second-order valence-corrected chi connectivity index (χ2v) is 6.60. The van der Waals surface area contributed by atoms with Crippen molar-refractivity contribution < 1.29 is 0 Å². The molecule has 0 aliphatic carbocycles. The van der Waals surface area contributed by atoms with Crippen LogP contribution in [0.5, 0.6) is 0 Å². The predicted octanol–water partition coefficient (Wildman–Crippen LogP) is 4.23. The Morgan fingerprint density at radius 2 is 1.84 bits per heavy atom. The number of pyridine rings is 1. The molecule has 0 unspecified atom stereocenters. The number of hydrogen-bond donors (Lipinski definition) is 2. The predicted molar refractivity (Wildman–Crippen MR) is 117 cm³/mol. The van der Waals surface area contributed by atoms with Crippen LogP contribution in [0.1, 0.15) is 11.3 Å². The minimum Gasteiger partial charge on any atom is -0.352 e. The molecule has 0 atom stereocenters. The van der Waals surface area contributed by atoms with Crippen LogP contribution >= 0.6 is 51.5 Å². The van der Waals surface area contributed by atoms with Crippen molar-refractivity contribution in [1.29, 1.82) is 0 Å². The zero-order valence-electron chi connectivity index (χ0n) is 13.5. The second kappa shape index (κ2) is 9.40. The number of nitrogens with zero attached hydrogens (tertiary/aromatic N) is 3. The van der Waals surface area contributed by atoms with E-state index in [2.05, 4.69) is 36.5 Å². The fraction of sp³-hybridized carbons (Fsp3) is 0.176. The number of guanidine groups is 1. The third-order valence-corrected chi connectivity index (χ3v) is 4.22. The van der Waals surface area contributed by atoms with E-state index in [-0.39, 0.29) is 24.0 Å². The molecule has 3 aromatic rings. The van der Waals surface area contributed by atoms with Gasteiger partial charge in [-0.3, -0.25) is 4.99 Å². The van der Waals surface area contributed by atoms with Crippen LogP contribution < -0.4 is 10.6 Å². The van der Waals surface area contributed by atoms with Gasteiger partial charge in [0.25, 0.3) is 0 Å². The monoisotopic (exact) mass is 533 g/mol. The van der Waals surface area contributed by atoms with Gasteiger partial charge < -0.3 is 15.0 Å². The first-order valence-electron chi connectivity index (χ1n) is 7.46. The first kappa shape index (κ1) is 20.0. The molecule has 2 heterocycles. The summed E-state index contributed by atoms with van der Waals surface area (Å²) in [7, 11) is 1.75. The lowest BCUT2D eigenvalue weighted by Gasteiger charge is -2.11. The number of fused-ring (bicyclic) bond motifs is 1. The molecular formula is C17H18BrClIN5. The van der Waals surface area contributed by atoms with Gasteiger partial charge in [-0.05, 0) is 45.8 Å².